The van der Waals surface area contributed by atoms with Gasteiger partial charge in [0.05, 0.1) is 7.11 Å². The maximum absolute atomic E-state index is 11.2. The monoisotopic (exact) mass is 199 g/mol. The van der Waals surface area contributed by atoms with Crippen molar-refractivity contribution in [1.29, 1.82) is 0 Å². The van der Waals surface area contributed by atoms with Crippen molar-refractivity contribution in [2.75, 3.05) is 7.11 Å². The van der Waals surface area contributed by atoms with Gasteiger partial charge in [-0.05, 0) is 6.42 Å². The minimum absolute atomic E-state index is 0.00556. The molecule has 0 aromatic rings. The van der Waals surface area contributed by atoms with Crippen LogP contribution in [0, 0.1) is 0 Å². The van der Waals surface area contributed by atoms with Gasteiger partial charge in [-0.3, -0.25) is 4.79 Å². The van der Waals surface area contributed by atoms with E-state index in [2.05, 4.69) is 23.6 Å². The van der Waals surface area contributed by atoms with Crippen LogP contribution in [-0.2, 0) is 14.3 Å². The van der Waals surface area contributed by atoms with Crippen LogP contribution in [0.4, 0.5) is 0 Å². The molecule has 0 saturated heterocycles. The van der Waals surface area contributed by atoms with Crippen molar-refractivity contribution in [3.8, 4) is 0 Å². The van der Waals surface area contributed by atoms with Crippen LogP contribution in [-0.4, -0.2) is 19.0 Å². The summed E-state index contributed by atoms with van der Waals surface area (Å²) in [5.41, 5.74) is -0.00556. The maximum atomic E-state index is 11.2. The number of carbonyl (C=O) groups is 2. The zero-order valence-corrected chi connectivity index (χ0v) is 8.76. The summed E-state index contributed by atoms with van der Waals surface area (Å²) < 4.78 is 4.39. The van der Waals surface area contributed by atoms with Crippen LogP contribution in [0.2, 0.25) is 0 Å². The van der Waals surface area contributed by atoms with E-state index in [-0.39, 0.29) is 11.6 Å². The molecule has 1 amide bonds. The van der Waals surface area contributed by atoms with E-state index < -0.39 is 5.97 Å². The lowest BCUT2D eigenvalue weighted by molar-refractivity contribution is -0.137. The summed E-state index contributed by atoms with van der Waals surface area (Å²) in [6, 6.07) is 0. The number of nitrogens with one attached hydrogen (secondary N) is 1. The zero-order valence-electron chi connectivity index (χ0n) is 8.76. The van der Waals surface area contributed by atoms with Crippen LogP contribution in [0.3, 0.4) is 0 Å². The van der Waals surface area contributed by atoms with Gasteiger partial charge in [0.15, 0.2) is 0 Å². The van der Waals surface area contributed by atoms with Crippen LogP contribution in [0.15, 0.2) is 12.3 Å². The van der Waals surface area contributed by atoms with Crippen molar-refractivity contribution in [3.63, 3.8) is 0 Å². The molecule has 4 nitrogen and oxygen atoms in total. The Kier molecular flexibility index (Phi) is 6.45. The van der Waals surface area contributed by atoms with Gasteiger partial charge in [0.2, 0.25) is 5.91 Å². The van der Waals surface area contributed by atoms with Gasteiger partial charge in [-0.1, -0.05) is 26.3 Å². The summed E-state index contributed by atoms with van der Waals surface area (Å²) >= 11 is 0. The van der Waals surface area contributed by atoms with Gasteiger partial charge in [-0.25, -0.2) is 4.79 Å². The fraction of sp³-hybridized carbons (Fsp3) is 0.600. The molecule has 0 aliphatic heterocycles. The molecule has 0 radical (unpaired) electrons. The number of hydrogen-bond acceptors (Lipinski definition) is 3. The number of unbranched alkanes of at least 4 members (excludes halogenated alkanes) is 2. The highest BCUT2D eigenvalue weighted by atomic mass is 16.5. The minimum Gasteiger partial charge on any atom is -0.464 e. The average molecular weight is 199 g/mol. The van der Waals surface area contributed by atoms with E-state index in [9.17, 15) is 9.59 Å². The molecule has 0 spiro atoms. The Morgan fingerprint density at radius 2 is 2.00 bits per heavy atom. The molecule has 0 atom stereocenters. The molecule has 0 heterocycles. The summed E-state index contributed by atoms with van der Waals surface area (Å²) in [5, 5.41) is 2.38. The average Bonchev–Trinajstić information content (AvgIpc) is 2.16. The number of rotatable bonds is 6. The molecule has 0 bridgehead atoms. The fourth-order valence-corrected chi connectivity index (χ4v) is 0.941. The summed E-state index contributed by atoms with van der Waals surface area (Å²) in [5.74, 6) is -0.789. The lowest BCUT2D eigenvalue weighted by Gasteiger charge is -2.05. The highest BCUT2D eigenvalue weighted by Crippen LogP contribution is 1.99. The predicted octanol–water partition coefficient (Wildman–Crippen LogP) is 1.37. The molecule has 0 saturated carbocycles. The summed E-state index contributed by atoms with van der Waals surface area (Å²) in [7, 11) is 1.25. The highest BCUT2D eigenvalue weighted by Gasteiger charge is 2.09. The predicted molar refractivity (Wildman–Crippen MR) is 53.4 cm³/mol. The number of esters is 1. The first-order chi connectivity index (χ1) is 6.61. The van der Waals surface area contributed by atoms with Gasteiger partial charge in [-0.15, -0.1) is 0 Å². The van der Waals surface area contributed by atoms with Crippen molar-refractivity contribution in [2.24, 2.45) is 0 Å². The third-order valence-corrected chi connectivity index (χ3v) is 1.73. The van der Waals surface area contributed by atoms with Gasteiger partial charge in [0.25, 0.3) is 0 Å². The van der Waals surface area contributed by atoms with Crippen molar-refractivity contribution in [1.82, 2.24) is 5.32 Å². The van der Waals surface area contributed by atoms with E-state index in [1.54, 1.807) is 0 Å². The molecule has 1 N–H and O–H groups in total. The molecule has 0 aliphatic rings. The first kappa shape index (κ1) is 12.7. The van der Waals surface area contributed by atoms with E-state index in [1.165, 1.54) is 7.11 Å². The van der Waals surface area contributed by atoms with Crippen molar-refractivity contribution >= 4 is 11.9 Å². The second kappa shape index (κ2) is 7.12. The lowest BCUT2D eigenvalue weighted by atomic mass is 10.2. The fourth-order valence-electron chi connectivity index (χ4n) is 0.941. The van der Waals surface area contributed by atoms with Gasteiger partial charge in [-0.2, -0.15) is 0 Å². The first-order valence-corrected chi connectivity index (χ1v) is 4.68. The number of methoxy groups -OCH3 is 1. The van der Waals surface area contributed by atoms with E-state index >= 15 is 0 Å². The summed E-state index contributed by atoms with van der Waals surface area (Å²) in [4.78, 5) is 22.0. The molecule has 0 aromatic carbocycles. The van der Waals surface area contributed by atoms with Crippen molar-refractivity contribution in [3.05, 3.63) is 12.3 Å². The molecular weight excluding hydrogens is 182 g/mol. The van der Waals surface area contributed by atoms with Gasteiger partial charge in [0.1, 0.15) is 5.70 Å². The second-order valence-electron chi connectivity index (χ2n) is 2.98. The van der Waals surface area contributed by atoms with Gasteiger partial charge < -0.3 is 10.1 Å². The SMILES string of the molecule is C=C(NC(=O)CCCCC)C(=O)OC. The minimum atomic E-state index is -0.603. The lowest BCUT2D eigenvalue weighted by Crippen LogP contribution is -2.26. The normalized spacial score (nSPS) is 9.29. The van der Waals surface area contributed by atoms with Crippen molar-refractivity contribution < 1.29 is 14.3 Å². The van der Waals surface area contributed by atoms with Crippen LogP contribution in [0.25, 0.3) is 0 Å². The standard InChI is InChI=1S/C10H17NO3/c1-4-5-6-7-9(12)11-8(2)10(13)14-3/h2,4-7H2,1,3H3,(H,11,12). The Hall–Kier alpha value is -1.32. The molecular formula is C10H17NO3. The third-order valence-electron chi connectivity index (χ3n) is 1.73. The number of hydrogen-bond donors (Lipinski definition) is 1. The molecule has 4 heteroatoms. The Morgan fingerprint density at radius 1 is 1.36 bits per heavy atom. The Labute approximate surface area is 84.3 Å². The van der Waals surface area contributed by atoms with Crippen LogP contribution in [0.1, 0.15) is 32.6 Å². The van der Waals surface area contributed by atoms with E-state index in [0.717, 1.165) is 19.3 Å². The molecule has 0 unspecified atom stereocenters. The largest absolute Gasteiger partial charge is 0.464 e. The molecule has 14 heavy (non-hydrogen) atoms. The molecule has 80 valence electrons. The van der Waals surface area contributed by atoms with Gasteiger partial charge in [0, 0.05) is 6.42 Å². The first-order valence-electron chi connectivity index (χ1n) is 4.68. The van der Waals surface area contributed by atoms with Crippen LogP contribution >= 0.6 is 0 Å². The van der Waals surface area contributed by atoms with Crippen molar-refractivity contribution in [2.45, 2.75) is 32.6 Å². The van der Waals surface area contributed by atoms with E-state index in [0.29, 0.717) is 6.42 Å². The number of carbonyl (C=O) groups excluding carboxylic acids is 2. The number of ether oxygens (including phenoxy) is 1. The molecule has 0 rings (SSSR count). The highest BCUT2D eigenvalue weighted by molar-refractivity contribution is 5.93. The Morgan fingerprint density at radius 3 is 2.50 bits per heavy atom. The van der Waals surface area contributed by atoms with E-state index in [4.69, 9.17) is 0 Å². The summed E-state index contributed by atoms with van der Waals surface area (Å²) in [6.07, 6.45) is 3.32. The quantitative estimate of drug-likeness (QED) is 0.399. The topological polar surface area (TPSA) is 55.4 Å². The van der Waals surface area contributed by atoms with E-state index in [1.807, 2.05) is 0 Å². The zero-order chi connectivity index (χ0) is 11.0. The summed E-state index contributed by atoms with van der Waals surface area (Å²) in [6.45, 7) is 5.45. The van der Waals surface area contributed by atoms with Crippen LogP contribution in [0.5, 0.6) is 0 Å². The van der Waals surface area contributed by atoms with Crippen LogP contribution < -0.4 is 5.32 Å². The number of amides is 1. The second-order valence-corrected chi connectivity index (χ2v) is 2.98. The molecule has 0 aromatic heterocycles. The molecule has 0 aliphatic carbocycles. The Balaban J connectivity index is 3.72. The Bertz CT molecular complexity index is 223. The smallest absolute Gasteiger partial charge is 0.353 e. The third kappa shape index (κ3) is 5.35. The van der Waals surface area contributed by atoms with Gasteiger partial charge >= 0.3 is 5.97 Å². The maximum Gasteiger partial charge on any atom is 0.353 e. The molecule has 0 fully saturated rings.